The van der Waals surface area contributed by atoms with Gasteiger partial charge in [0.2, 0.25) is 5.91 Å². The van der Waals surface area contributed by atoms with Gasteiger partial charge in [-0.2, -0.15) is 0 Å². The summed E-state index contributed by atoms with van der Waals surface area (Å²) in [7, 11) is 0. The quantitative estimate of drug-likeness (QED) is 0.729. The topological polar surface area (TPSA) is 66.4 Å². The zero-order valence-electron chi connectivity index (χ0n) is 10.8. The van der Waals surface area contributed by atoms with E-state index in [1.54, 1.807) is 0 Å². The van der Waals surface area contributed by atoms with Crippen LogP contribution in [-0.4, -0.2) is 35.0 Å². The van der Waals surface area contributed by atoms with E-state index in [9.17, 15) is 9.59 Å². The average Bonchev–Trinajstić information content (AvgIpc) is 2.27. The van der Waals surface area contributed by atoms with Gasteiger partial charge in [0.1, 0.15) is 0 Å². The fourth-order valence-corrected chi connectivity index (χ4v) is 2.83. The van der Waals surface area contributed by atoms with Crippen molar-refractivity contribution in [2.24, 2.45) is 5.92 Å². The lowest BCUT2D eigenvalue weighted by Crippen LogP contribution is -2.32. The minimum Gasteiger partial charge on any atom is -0.481 e. The van der Waals surface area contributed by atoms with Crippen LogP contribution in [0.5, 0.6) is 0 Å². The SMILES string of the molecule is O=C(O)CSCCNC(=O)C1CCCCCCC1. The Morgan fingerprint density at radius 1 is 1.11 bits per heavy atom. The predicted octanol–water partition coefficient (Wildman–Crippen LogP) is 2.28. The first kappa shape index (κ1) is 15.3. The Labute approximate surface area is 113 Å². The first-order valence-corrected chi connectivity index (χ1v) is 7.93. The number of carbonyl (C=O) groups is 2. The molecule has 1 rings (SSSR count). The monoisotopic (exact) mass is 273 g/mol. The maximum atomic E-state index is 11.9. The fraction of sp³-hybridized carbons (Fsp3) is 0.846. The third-order valence-electron chi connectivity index (χ3n) is 3.25. The van der Waals surface area contributed by atoms with Crippen molar-refractivity contribution in [3.8, 4) is 0 Å². The van der Waals surface area contributed by atoms with Gasteiger partial charge in [0.05, 0.1) is 5.75 Å². The Balaban J connectivity index is 2.12. The summed E-state index contributed by atoms with van der Waals surface area (Å²) in [5, 5.41) is 11.4. The van der Waals surface area contributed by atoms with Crippen LogP contribution in [0.2, 0.25) is 0 Å². The van der Waals surface area contributed by atoms with Crippen molar-refractivity contribution in [2.75, 3.05) is 18.1 Å². The second-order valence-corrected chi connectivity index (χ2v) is 5.88. The van der Waals surface area contributed by atoms with Gasteiger partial charge in [-0.15, -0.1) is 11.8 Å². The summed E-state index contributed by atoms with van der Waals surface area (Å²) in [4.78, 5) is 22.2. The van der Waals surface area contributed by atoms with E-state index in [0.29, 0.717) is 12.3 Å². The number of carbonyl (C=O) groups excluding carboxylic acids is 1. The van der Waals surface area contributed by atoms with Gasteiger partial charge < -0.3 is 10.4 Å². The number of hydrogen-bond acceptors (Lipinski definition) is 3. The minimum atomic E-state index is -0.800. The highest BCUT2D eigenvalue weighted by Gasteiger charge is 2.18. The van der Waals surface area contributed by atoms with Crippen LogP contribution in [0.3, 0.4) is 0 Å². The molecule has 4 nitrogen and oxygen atoms in total. The van der Waals surface area contributed by atoms with Crippen LogP contribution in [0.25, 0.3) is 0 Å². The van der Waals surface area contributed by atoms with Crippen molar-refractivity contribution in [3.05, 3.63) is 0 Å². The third kappa shape index (κ3) is 6.89. The van der Waals surface area contributed by atoms with Crippen molar-refractivity contribution in [3.63, 3.8) is 0 Å². The highest BCUT2D eigenvalue weighted by Crippen LogP contribution is 2.22. The lowest BCUT2D eigenvalue weighted by atomic mass is 9.90. The molecule has 1 aliphatic rings. The molecule has 0 aliphatic heterocycles. The minimum absolute atomic E-state index is 0.110. The predicted molar refractivity (Wildman–Crippen MR) is 73.8 cm³/mol. The van der Waals surface area contributed by atoms with Crippen LogP contribution in [0.4, 0.5) is 0 Å². The first-order valence-electron chi connectivity index (χ1n) is 6.77. The lowest BCUT2D eigenvalue weighted by molar-refractivity contribution is -0.134. The van der Waals surface area contributed by atoms with Crippen molar-refractivity contribution in [1.29, 1.82) is 0 Å². The molecule has 0 aromatic heterocycles. The molecule has 0 aromatic carbocycles. The summed E-state index contributed by atoms with van der Waals surface area (Å²) in [5.41, 5.74) is 0. The lowest BCUT2D eigenvalue weighted by Gasteiger charge is -2.18. The first-order chi connectivity index (χ1) is 8.70. The second-order valence-electron chi connectivity index (χ2n) is 4.78. The van der Waals surface area contributed by atoms with Crippen molar-refractivity contribution in [2.45, 2.75) is 44.9 Å². The van der Waals surface area contributed by atoms with Gasteiger partial charge in [0.15, 0.2) is 0 Å². The Morgan fingerprint density at radius 3 is 2.33 bits per heavy atom. The molecule has 0 unspecified atom stereocenters. The van der Waals surface area contributed by atoms with Gasteiger partial charge in [0.25, 0.3) is 0 Å². The summed E-state index contributed by atoms with van der Waals surface area (Å²) in [6, 6.07) is 0. The van der Waals surface area contributed by atoms with Gasteiger partial charge in [-0.05, 0) is 12.8 Å². The van der Waals surface area contributed by atoms with Crippen LogP contribution in [0.1, 0.15) is 44.9 Å². The van der Waals surface area contributed by atoms with E-state index < -0.39 is 5.97 Å². The summed E-state index contributed by atoms with van der Waals surface area (Å²) in [5.74, 6) is 0.318. The molecule has 0 saturated heterocycles. The molecule has 1 fully saturated rings. The highest BCUT2D eigenvalue weighted by molar-refractivity contribution is 7.99. The molecule has 0 radical (unpaired) electrons. The van der Waals surface area contributed by atoms with E-state index in [1.165, 1.54) is 31.0 Å². The number of amides is 1. The van der Waals surface area contributed by atoms with E-state index in [2.05, 4.69) is 5.32 Å². The van der Waals surface area contributed by atoms with Gasteiger partial charge in [-0.25, -0.2) is 0 Å². The van der Waals surface area contributed by atoms with Gasteiger partial charge in [-0.3, -0.25) is 9.59 Å². The standard InChI is InChI=1S/C13H23NO3S/c15-12(16)10-18-9-8-14-13(17)11-6-4-2-1-3-5-7-11/h11H,1-10H2,(H,14,17)(H,15,16). The molecule has 5 heteroatoms. The summed E-state index contributed by atoms with van der Waals surface area (Å²) < 4.78 is 0. The fourth-order valence-electron chi connectivity index (χ4n) is 2.27. The normalized spacial score (nSPS) is 17.8. The zero-order valence-corrected chi connectivity index (χ0v) is 11.6. The number of aliphatic carboxylic acids is 1. The Kier molecular flexibility index (Phi) is 7.89. The van der Waals surface area contributed by atoms with Gasteiger partial charge in [0, 0.05) is 18.2 Å². The largest absolute Gasteiger partial charge is 0.481 e. The molecule has 1 aliphatic carbocycles. The smallest absolute Gasteiger partial charge is 0.313 e. The molecule has 0 atom stereocenters. The van der Waals surface area contributed by atoms with E-state index in [-0.39, 0.29) is 17.6 Å². The second kappa shape index (κ2) is 9.25. The number of carboxylic acids is 1. The van der Waals surface area contributed by atoms with E-state index in [0.717, 1.165) is 25.7 Å². The molecule has 1 saturated carbocycles. The number of thioether (sulfide) groups is 1. The van der Waals surface area contributed by atoms with Crippen molar-refractivity contribution in [1.82, 2.24) is 5.32 Å². The molecule has 2 N–H and O–H groups in total. The third-order valence-corrected chi connectivity index (χ3v) is 4.19. The van der Waals surface area contributed by atoms with Crippen LogP contribution in [0.15, 0.2) is 0 Å². The van der Waals surface area contributed by atoms with Crippen LogP contribution in [0, 0.1) is 5.92 Å². The molecule has 1 amide bonds. The molecule has 0 aromatic rings. The van der Waals surface area contributed by atoms with E-state index in [1.807, 2.05) is 0 Å². The maximum Gasteiger partial charge on any atom is 0.313 e. The summed E-state index contributed by atoms with van der Waals surface area (Å²) >= 11 is 1.34. The van der Waals surface area contributed by atoms with Crippen LogP contribution >= 0.6 is 11.8 Å². The maximum absolute atomic E-state index is 11.9. The summed E-state index contributed by atoms with van der Waals surface area (Å²) in [6.07, 6.45) is 8.14. The molecule has 0 bridgehead atoms. The van der Waals surface area contributed by atoms with Crippen LogP contribution in [-0.2, 0) is 9.59 Å². The zero-order chi connectivity index (χ0) is 13.2. The number of carboxylic acid groups (broad SMARTS) is 1. The molecule has 18 heavy (non-hydrogen) atoms. The highest BCUT2D eigenvalue weighted by atomic mass is 32.2. The summed E-state index contributed by atoms with van der Waals surface area (Å²) in [6.45, 7) is 0.577. The van der Waals surface area contributed by atoms with Gasteiger partial charge in [-0.1, -0.05) is 32.1 Å². The molecule has 104 valence electrons. The van der Waals surface area contributed by atoms with E-state index in [4.69, 9.17) is 5.11 Å². The Bertz CT molecular complexity index is 263. The van der Waals surface area contributed by atoms with Crippen LogP contribution < -0.4 is 5.32 Å². The molecular formula is C13H23NO3S. The van der Waals surface area contributed by atoms with Crippen molar-refractivity contribution >= 4 is 23.6 Å². The molecule has 0 heterocycles. The Morgan fingerprint density at radius 2 is 1.72 bits per heavy atom. The number of nitrogens with one attached hydrogen (secondary N) is 1. The number of hydrogen-bond donors (Lipinski definition) is 2. The number of rotatable bonds is 6. The van der Waals surface area contributed by atoms with Crippen molar-refractivity contribution < 1.29 is 14.7 Å². The van der Waals surface area contributed by atoms with E-state index >= 15 is 0 Å². The Hall–Kier alpha value is -0.710. The average molecular weight is 273 g/mol. The molecular weight excluding hydrogens is 250 g/mol. The molecule has 0 spiro atoms. The van der Waals surface area contributed by atoms with Gasteiger partial charge >= 0.3 is 5.97 Å².